The molecule has 0 fully saturated rings. The summed E-state index contributed by atoms with van der Waals surface area (Å²) in [6.45, 7) is 0. The Morgan fingerprint density at radius 1 is 0.340 bits per heavy atom. The monoisotopic (exact) mass is 636 g/mol. The number of hydrogen-bond donors (Lipinski definition) is 0. The molecule has 11 rings (SSSR count). The summed E-state index contributed by atoms with van der Waals surface area (Å²) >= 11 is 0. The minimum Gasteiger partial charge on any atom is -0.278 e. The Labute approximate surface area is 290 Å². The number of rotatable bonds is 3. The number of fused-ring (bicyclic) bond motifs is 9. The summed E-state index contributed by atoms with van der Waals surface area (Å²) in [5, 5.41) is 0. The summed E-state index contributed by atoms with van der Waals surface area (Å²) in [5.41, 5.74) is 16.2. The Morgan fingerprint density at radius 2 is 0.800 bits per heavy atom. The Balaban J connectivity index is 1.27. The van der Waals surface area contributed by atoms with E-state index in [9.17, 15) is 0 Å². The van der Waals surface area contributed by atoms with Crippen LogP contribution < -0.4 is 4.90 Å². The van der Waals surface area contributed by atoms with Gasteiger partial charge in [0.15, 0.2) is 11.6 Å². The van der Waals surface area contributed by atoms with Gasteiger partial charge in [0, 0.05) is 22.3 Å². The second-order valence-electron chi connectivity index (χ2n) is 13.1. The van der Waals surface area contributed by atoms with Crippen LogP contribution in [0.2, 0.25) is 0 Å². The fraction of sp³-hybridized carbons (Fsp3) is 0.0217. The molecule has 232 valence electrons. The number of para-hydroxylation sites is 1. The second-order valence-corrected chi connectivity index (χ2v) is 13.1. The van der Waals surface area contributed by atoms with Crippen LogP contribution in [-0.4, -0.2) is 15.0 Å². The molecule has 4 nitrogen and oxygen atoms in total. The van der Waals surface area contributed by atoms with Crippen LogP contribution in [0.5, 0.6) is 0 Å². The van der Waals surface area contributed by atoms with Gasteiger partial charge in [0.2, 0.25) is 5.95 Å². The van der Waals surface area contributed by atoms with E-state index in [4.69, 9.17) is 15.0 Å². The van der Waals surface area contributed by atoms with Crippen LogP contribution in [0.15, 0.2) is 170 Å². The van der Waals surface area contributed by atoms with E-state index in [1.165, 1.54) is 50.1 Å². The third-order valence-corrected chi connectivity index (χ3v) is 10.7. The van der Waals surface area contributed by atoms with Gasteiger partial charge in [-0.05, 0) is 56.6 Å². The van der Waals surface area contributed by atoms with Crippen molar-refractivity contribution in [1.29, 1.82) is 0 Å². The van der Waals surface area contributed by atoms with E-state index < -0.39 is 5.41 Å². The fourth-order valence-electron chi connectivity index (χ4n) is 8.76. The van der Waals surface area contributed by atoms with Gasteiger partial charge in [0.05, 0.1) is 16.8 Å². The van der Waals surface area contributed by atoms with Crippen molar-refractivity contribution in [1.82, 2.24) is 15.0 Å². The highest BCUT2D eigenvalue weighted by Gasteiger charge is 2.53. The molecule has 0 unspecified atom stereocenters. The van der Waals surface area contributed by atoms with Crippen molar-refractivity contribution in [3.05, 3.63) is 192 Å². The predicted molar refractivity (Wildman–Crippen MR) is 201 cm³/mol. The van der Waals surface area contributed by atoms with Crippen molar-refractivity contribution in [3.8, 4) is 56.2 Å². The van der Waals surface area contributed by atoms with Crippen molar-refractivity contribution < 1.29 is 0 Å². The zero-order valence-corrected chi connectivity index (χ0v) is 27.0. The van der Waals surface area contributed by atoms with Gasteiger partial charge in [-0.25, -0.2) is 4.98 Å². The summed E-state index contributed by atoms with van der Waals surface area (Å²) < 4.78 is 0. The molecule has 0 amide bonds. The maximum atomic E-state index is 5.27. The molecule has 3 aliphatic rings. The highest BCUT2D eigenvalue weighted by molar-refractivity contribution is 6.09. The van der Waals surface area contributed by atoms with Gasteiger partial charge < -0.3 is 0 Å². The summed E-state index contributed by atoms with van der Waals surface area (Å²) in [6, 6.07) is 60.7. The minimum atomic E-state index is -0.453. The Bertz CT molecular complexity index is 2560. The lowest BCUT2D eigenvalue weighted by Crippen LogP contribution is -2.26. The summed E-state index contributed by atoms with van der Waals surface area (Å²) in [7, 11) is 0. The Morgan fingerprint density at radius 3 is 1.44 bits per heavy atom. The zero-order valence-electron chi connectivity index (χ0n) is 27.0. The van der Waals surface area contributed by atoms with Crippen LogP contribution in [0, 0.1) is 0 Å². The van der Waals surface area contributed by atoms with E-state index >= 15 is 0 Å². The number of nitrogens with zero attached hydrogens (tertiary/aromatic N) is 4. The zero-order chi connectivity index (χ0) is 32.8. The van der Waals surface area contributed by atoms with E-state index in [-0.39, 0.29) is 0 Å². The molecule has 8 aromatic rings. The van der Waals surface area contributed by atoms with Gasteiger partial charge in [-0.3, -0.25) is 4.90 Å². The van der Waals surface area contributed by atoms with Crippen LogP contribution in [0.1, 0.15) is 22.3 Å². The van der Waals surface area contributed by atoms with Crippen LogP contribution in [0.3, 0.4) is 0 Å². The molecular formula is C46H28N4. The van der Waals surface area contributed by atoms with E-state index in [2.05, 4.69) is 138 Å². The first-order valence-electron chi connectivity index (χ1n) is 17.1. The third-order valence-electron chi connectivity index (χ3n) is 10.7. The first-order chi connectivity index (χ1) is 24.8. The highest BCUT2D eigenvalue weighted by Crippen LogP contribution is 2.67. The van der Waals surface area contributed by atoms with Crippen LogP contribution in [0.25, 0.3) is 56.2 Å². The molecule has 0 bridgehead atoms. The quantitative estimate of drug-likeness (QED) is 0.194. The number of hydrogen-bond acceptors (Lipinski definition) is 4. The van der Waals surface area contributed by atoms with Gasteiger partial charge in [-0.1, -0.05) is 158 Å². The number of anilines is 3. The van der Waals surface area contributed by atoms with Crippen molar-refractivity contribution in [2.45, 2.75) is 5.41 Å². The molecule has 0 radical (unpaired) electrons. The maximum Gasteiger partial charge on any atom is 0.238 e. The molecule has 7 aromatic carbocycles. The molecule has 0 atom stereocenters. The van der Waals surface area contributed by atoms with Gasteiger partial charge in [-0.15, -0.1) is 0 Å². The lowest BCUT2D eigenvalue weighted by molar-refractivity contribution is 0.793. The largest absolute Gasteiger partial charge is 0.278 e. The standard InChI is InChI=1S/C46H28N4/c1-3-15-29(16-4-1)43-47-44(30-17-5-2-6-18-30)49-45(48-43)50-39-27-12-9-21-33(39)34-22-13-25-37-41(34)42-38(26-14-28-40(42)50)46(37)35-23-10-7-19-31(35)32-20-8-11-24-36(32)46/h1-28H. The van der Waals surface area contributed by atoms with Crippen molar-refractivity contribution in [2.24, 2.45) is 0 Å². The maximum absolute atomic E-state index is 5.27. The lowest BCUT2D eigenvalue weighted by Gasteiger charge is -2.32. The van der Waals surface area contributed by atoms with Gasteiger partial charge in [-0.2, -0.15) is 9.97 Å². The van der Waals surface area contributed by atoms with Crippen molar-refractivity contribution in [2.75, 3.05) is 4.90 Å². The highest BCUT2D eigenvalue weighted by atomic mass is 15.3. The summed E-state index contributed by atoms with van der Waals surface area (Å²) in [5.74, 6) is 1.86. The average molecular weight is 637 g/mol. The first-order valence-corrected chi connectivity index (χ1v) is 17.1. The molecule has 50 heavy (non-hydrogen) atoms. The lowest BCUT2D eigenvalue weighted by atomic mass is 9.70. The minimum absolute atomic E-state index is 0.453. The molecular weight excluding hydrogens is 609 g/mol. The predicted octanol–water partition coefficient (Wildman–Crippen LogP) is 11.0. The molecule has 1 aromatic heterocycles. The topological polar surface area (TPSA) is 41.9 Å². The third kappa shape index (κ3) is 3.52. The molecule has 1 spiro atoms. The van der Waals surface area contributed by atoms with Gasteiger partial charge >= 0.3 is 0 Å². The van der Waals surface area contributed by atoms with Crippen LogP contribution in [0.4, 0.5) is 17.3 Å². The SMILES string of the molecule is c1ccc(-c2nc(-c3ccccc3)nc(N3c4ccccc4-c4cccc5c4-c4c3cccc4C53c4ccccc4-c4ccccc43)n2)cc1. The normalized spacial score (nSPS) is 13.7. The van der Waals surface area contributed by atoms with Gasteiger partial charge in [0.25, 0.3) is 0 Å². The molecule has 0 N–H and O–H groups in total. The Hall–Kier alpha value is -6.65. The molecule has 0 saturated carbocycles. The van der Waals surface area contributed by atoms with Crippen LogP contribution in [-0.2, 0) is 5.41 Å². The smallest absolute Gasteiger partial charge is 0.238 e. The van der Waals surface area contributed by atoms with Gasteiger partial charge in [0.1, 0.15) is 0 Å². The van der Waals surface area contributed by atoms with E-state index in [1.54, 1.807) is 0 Å². The van der Waals surface area contributed by atoms with E-state index in [0.717, 1.165) is 28.1 Å². The average Bonchev–Trinajstić information content (AvgIpc) is 3.62. The molecule has 4 heteroatoms. The van der Waals surface area contributed by atoms with Crippen molar-refractivity contribution in [3.63, 3.8) is 0 Å². The number of aromatic nitrogens is 3. The van der Waals surface area contributed by atoms with E-state index in [0.29, 0.717) is 17.6 Å². The number of benzene rings is 7. The molecule has 2 heterocycles. The summed E-state index contributed by atoms with van der Waals surface area (Å²) in [4.78, 5) is 17.8. The molecule has 1 aliphatic heterocycles. The fourth-order valence-corrected chi connectivity index (χ4v) is 8.76. The molecule has 2 aliphatic carbocycles. The molecule has 0 saturated heterocycles. The second kappa shape index (κ2) is 10.2. The summed E-state index contributed by atoms with van der Waals surface area (Å²) in [6.07, 6.45) is 0. The van der Waals surface area contributed by atoms with E-state index in [1.807, 2.05) is 36.4 Å². The van der Waals surface area contributed by atoms with Crippen molar-refractivity contribution >= 4 is 17.3 Å². The first kappa shape index (κ1) is 27.3. The van der Waals surface area contributed by atoms with Crippen LogP contribution >= 0.6 is 0 Å². The Kier molecular flexibility index (Phi) is 5.56.